The van der Waals surface area contributed by atoms with Crippen LogP contribution < -0.4 is 4.90 Å². The Labute approximate surface area is 170 Å². The molecule has 1 aromatic heterocycles. The summed E-state index contributed by atoms with van der Waals surface area (Å²) in [7, 11) is 0. The van der Waals surface area contributed by atoms with Gasteiger partial charge in [0.05, 0.1) is 6.20 Å². The van der Waals surface area contributed by atoms with Gasteiger partial charge in [0, 0.05) is 42.1 Å². The first-order chi connectivity index (χ1) is 14.1. The average molecular weight is 388 g/mol. The minimum atomic E-state index is -0.117. The fourth-order valence-corrected chi connectivity index (χ4v) is 3.78. The van der Waals surface area contributed by atoms with Crippen LogP contribution in [0.2, 0.25) is 0 Å². The van der Waals surface area contributed by atoms with Crippen LogP contribution in [0, 0.1) is 6.92 Å². The van der Waals surface area contributed by atoms with Gasteiger partial charge in [-0.3, -0.25) is 14.3 Å². The second kappa shape index (κ2) is 7.91. The summed E-state index contributed by atoms with van der Waals surface area (Å²) in [6.07, 6.45) is 1.84. The Kier molecular flexibility index (Phi) is 5.16. The molecular formula is C23H24N4O2. The van der Waals surface area contributed by atoms with Crippen molar-refractivity contribution in [1.29, 1.82) is 0 Å². The number of hydrogen-bond donors (Lipinski definition) is 0. The molecule has 2 amide bonds. The van der Waals surface area contributed by atoms with Crippen molar-refractivity contribution >= 4 is 17.5 Å². The van der Waals surface area contributed by atoms with Crippen molar-refractivity contribution in [3.8, 4) is 11.1 Å². The van der Waals surface area contributed by atoms with Gasteiger partial charge in [-0.05, 0) is 43.7 Å². The topological polar surface area (TPSA) is 58.4 Å². The second-order valence-electron chi connectivity index (χ2n) is 7.15. The molecule has 0 unspecified atom stereocenters. The number of aryl methyl sites for hydroxylation is 1. The first-order valence-corrected chi connectivity index (χ1v) is 9.86. The second-order valence-corrected chi connectivity index (χ2v) is 7.15. The predicted octanol–water partition coefficient (Wildman–Crippen LogP) is 3.37. The molecule has 0 spiro atoms. The van der Waals surface area contributed by atoms with E-state index in [1.165, 1.54) is 0 Å². The maximum absolute atomic E-state index is 13.1. The Morgan fingerprint density at radius 3 is 2.55 bits per heavy atom. The van der Waals surface area contributed by atoms with Crippen LogP contribution in [-0.4, -0.2) is 46.1 Å². The highest BCUT2D eigenvalue weighted by molar-refractivity contribution is 6.02. The van der Waals surface area contributed by atoms with Crippen molar-refractivity contribution in [2.45, 2.75) is 20.4 Å². The van der Waals surface area contributed by atoms with Gasteiger partial charge in [-0.15, -0.1) is 0 Å². The summed E-state index contributed by atoms with van der Waals surface area (Å²) in [4.78, 5) is 29.1. The van der Waals surface area contributed by atoms with Crippen molar-refractivity contribution in [3.63, 3.8) is 0 Å². The highest BCUT2D eigenvalue weighted by Gasteiger charge is 2.28. The zero-order valence-corrected chi connectivity index (χ0v) is 16.7. The number of carbonyl (C=O) groups is 2. The van der Waals surface area contributed by atoms with E-state index < -0.39 is 0 Å². The van der Waals surface area contributed by atoms with E-state index in [1.807, 2.05) is 66.3 Å². The van der Waals surface area contributed by atoms with Crippen LogP contribution in [0.3, 0.4) is 0 Å². The van der Waals surface area contributed by atoms with Crippen molar-refractivity contribution in [2.24, 2.45) is 0 Å². The Bertz CT molecular complexity index is 1040. The Balaban J connectivity index is 1.52. The quantitative estimate of drug-likeness (QED) is 0.689. The van der Waals surface area contributed by atoms with Crippen LogP contribution in [0.1, 0.15) is 23.0 Å². The molecule has 6 heteroatoms. The molecule has 1 fully saturated rings. The SMILES string of the molecule is CCn1ncc(-c2cccc(C(=O)N3CCN(c4ccccc4)C(=O)C3)c2)c1C. The Hall–Kier alpha value is -3.41. The molecule has 6 nitrogen and oxygen atoms in total. The highest BCUT2D eigenvalue weighted by atomic mass is 16.2. The summed E-state index contributed by atoms with van der Waals surface area (Å²) >= 11 is 0. The van der Waals surface area contributed by atoms with Crippen LogP contribution in [0.5, 0.6) is 0 Å². The third-order valence-corrected chi connectivity index (χ3v) is 5.40. The van der Waals surface area contributed by atoms with Crippen molar-refractivity contribution in [1.82, 2.24) is 14.7 Å². The van der Waals surface area contributed by atoms with Gasteiger partial charge >= 0.3 is 0 Å². The first kappa shape index (κ1) is 18.9. The Morgan fingerprint density at radius 1 is 1.07 bits per heavy atom. The van der Waals surface area contributed by atoms with E-state index in [0.717, 1.165) is 29.1 Å². The van der Waals surface area contributed by atoms with Gasteiger partial charge in [0.15, 0.2) is 0 Å². The maximum atomic E-state index is 13.1. The number of nitrogens with zero attached hydrogens (tertiary/aromatic N) is 4. The molecule has 1 saturated heterocycles. The van der Waals surface area contributed by atoms with Gasteiger partial charge in [0.2, 0.25) is 5.91 Å². The summed E-state index contributed by atoms with van der Waals surface area (Å²) in [6.45, 7) is 5.98. The van der Waals surface area contributed by atoms with Crippen LogP contribution >= 0.6 is 0 Å². The van der Waals surface area contributed by atoms with Gasteiger partial charge in [0.1, 0.15) is 6.54 Å². The number of hydrogen-bond acceptors (Lipinski definition) is 3. The number of aromatic nitrogens is 2. The number of anilines is 1. The normalized spacial score (nSPS) is 14.3. The van der Waals surface area contributed by atoms with Crippen LogP contribution in [0.15, 0.2) is 60.8 Å². The molecule has 1 aliphatic heterocycles. The molecule has 3 aromatic rings. The van der Waals surface area contributed by atoms with Gasteiger partial charge in [-0.1, -0.05) is 30.3 Å². The molecular weight excluding hydrogens is 364 g/mol. The van der Waals surface area contributed by atoms with Crippen molar-refractivity contribution in [3.05, 3.63) is 72.1 Å². The summed E-state index contributed by atoms with van der Waals surface area (Å²) < 4.78 is 1.94. The van der Waals surface area contributed by atoms with E-state index in [-0.39, 0.29) is 18.4 Å². The van der Waals surface area contributed by atoms with Crippen molar-refractivity contribution < 1.29 is 9.59 Å². The smallest absolute Gasteiger partial charge is 0.254 e. The molecule has 0 radical (unpaired) electrons. The minimum absolute atomic E-state index is 0.0629. The third-order valence-electron chi connectivity index (χ3n) is 5.40. The summed E-state index contributed by atoms with van der Waals surface area (Å²) in [5.41, 5.74) is 4.51. The molecule has 0 aliphatic carbocycles. The molecule has 4 rings (SSSR count). The van der Waals surface area contributed by atoms with Gasteiger partial charge in [0.25, 0.3) is 5.91 Å². The molecule has 0 saturated carbocycles. The summed E-state index contributed by atoms with van der Waals surface area (Å²) in [5, 5.41) is 4.39. The molecule has 2 aromatic carbocycles. The lowest BCUT2D eigenvalue weighted by molar-refractivity contribution is -0.120. The molecule has 0 bridgehead atoms. The number of benzene rings is 2. The predicted molar refractivity (Wildman–Crippen MR) is 113 cm³/mol. The molecule has 0 N–H and O–H groups in total. The van der Waals surface area contributed by atoms with E-state index in [4.69, 9.17) is 0 Å². The standard InChI is InChI=1S/C23H24N4O2/c1-3-27-17(2)21(15-24-27)18-8-7-9-19(14-18)23(29)25-12-13-26(22(28)16-25)20-10-5-4-6-11-20/h4-11,14-15H,3,12-13,16H2,1-2H3. The summed E-state index contributed by atoms with van der Waals surface area (Å²) in [5.74, 6) is -0.180. The van der Waals surface area contributed by atoms with E-state index in [9.17, 15) is 9.59 Å². The maximum Gasteiger partial charge on any atom is 0.254 e. The fourth-order valence-electron chi connectivity index (χ4n) is 3.78. The molecule has 1 aliphatic rings. The number of para-hydroxylation sites is 1. The van der Waals surface area contributed by atoms with Gasteiger partial charge < -0.3 is 9.80 Å². The molecule has 29 heavy (non-hydrogen) atoms. The molecule has 0 atom stereocenters. The van der Waals surface area contributed by atoms with E-state index in [0.29, 0.717) is 18.7 Å². The van der Waals surface area contributed by atoms with E-state index in [1.54, 1.807) is 15.9 Å². The monoisotopic (exact) mass is 388 g/mol. The lowest BCUT2D eigenvalue weighted by Crippen LogP contribution is -2.52. The number of carbonyl (C=O) groups excluding carboxylic acids is 2. The summed E-state index contributed by atoms with van der Waals surface area (Å²) in [6, 6.07) is 17.1. The highest BCUT2D eigenvalue weighted by Crippen LogP contribution is 2.25. The molecule has 2 heterocycles. The number of amides is 2. The largest absolute Gasteiger partial charge is 0.328 e. The van der Waals surface area contributed by atoms with Crippen LogP contribution in [-0.2, 0) is 11.3 Å². The van der Waals surface area contributed by atoms with Gasteiger partial charge in [-0.2, -0.15) is 5.10 Å². The zero-order valence-electron chi connectivity index (χ0n) is 16.7. The lowest BCUT2D eigenvalue weighted by atomic mass is 10.0. The minimum Gasteiger partial charge on any atom is -0.328 e. The number of piperazine rings is 1. The van der Waals surface area contributed by atoms with Crippen LogP contribution in [0.4, 0.5) is 5.69 Å². The van der Waals surface area contributed by atoms with Gasteiger partial charge in [-0.25, -0.2) is 0 Å². The number of rotatable bonds is 4. The molecule has 148 valence electrons. The lowest BCUT2D eigenvalue weighted by Gasteiger charge is -2.34. The van der Waals surface area contributed by atoms with Crippen LogP contribution in [0.25, 0.3) is 11.1 Å². The first-order valence-electron chi connectivity index (χ1n) is 9.86. The average Bonchev–Trinajstić information content (AvgIpc) is 3.14. The van der Waals surface area contributed by atoms with E-state index in [2.05, 4.69) is 12.0 Å². The van der Waals surface area contributed by atoms with E-state index >= 15 is 0 Å². The Morgan fingerprint density at radius 2 is 1.86 bits per heavy atom. The fraction of sp³-hybridized carbons (Fsp3) is 0.261. The zero-order chi connectivity index (χ0) is 20.4. The third kappa shape index (κ3) is 3.66. The van der Waals surface area contributed by atoms with Crippen molar-refractivity contribution in [2.75, 3.05) is 24.5 Å².